The van der Waals surface area contributed by atoms with Gasteiger partial charge in [-0.3, -0.25) is 9.58 Å². The summed E-state index contributed by atoms with van der Waals surface area (Å²) < 4.78 is 1.88. The summed E-state index contributed by atoms with van der Waals surface area (Å²) in [5.41, 5.74) is 4.03. The van der Waals surface area contributed by atoms with Crippen molar-refractivity contribution in [2.24, 2.45) is 7.05 Å². The van der Waals surface area contributed by atoms with E-state index in [0.29, 0.717) is 17.6 Å². The average molecular weight is 337 g/mol. The number of rotatable bonds is 5. The lowest BCUT2D eigenvalue weighted by molar-refractivity contribution is 0.186. The van der Waals surface area contributed by atoms with Crippen molar-refractivity contribution in [3.8, 4) is 17.3 Å². The Morgan fingerprint density at radius 3 is 2.52 bits per heavy atom. The first-order valence-corrected chi connectivity index (χ1v) is 9.06. The van der Waals surface area contributed by atoms with Crippen molar-refractivity contribution in [3.05, 3.63) is 41.6 Å². The van der Waals surface area contributed by atoms with Crippen LogP contribution in [0.25, 0.3) is 11.3 Å². The Labute approximate surface area is 150 Å². The molecule has 25 heavy (non-hydrogen) atoms. The highest BCUT2D eigenvalue weighted by atomic mass is 15.3. The Bertz CT molecular complexity index is 730. The Morgan fingerprint density at radius 1 is 1.24 bits per heavy atom. The number of piperidine rings is 1. The molecular formula is C20H27N5. The van der Waals surface area contributed by atoms with E-state index < -0.39 is 0 Å². The summed E-state index contributed by atoms with van der Waals surface area (Å²) in [5.74, 6) is 0. The molecule has 132 valence electrons. The zero-order valence-corrected chi connectivity index (χ0v) is 15.4. The lowest BCUT2D eigenvalue weighted by Gasteiger charge is -2.33. The number of nitriles is 1. The van der Waals surface area contributed by atoms with Gasteiger partial charge >= 0.3 is 0 Å². The first-order valence-electron chi connectivity index (χ1n) is 9.06. The Balaban J connectivity index is 1.68. The van der Waals surface area contributed by atoms with Crippen LogP contribution in [0.1, 0.15) is 37.8 Å². The molecule has 1 fully saturated rings. The van der Waals surface area contributed by atoms with Crippen LogP contribution in [0.2, 0.25) is 0 Å². The fourth-order valence-corrected chi connectivity index (χ4v) is 3.57. The van der Waals surface area contributed by atoms with Gasteiger partial charge in [-0.1, -0.05) is 26.0 Å². The molecule has 2 heterocycles. The second-order valence-corrected chi connectivity index (χ2v) is 7.24. The molecule has 1 aromatic carbocycles. The zero-order chi connectivity index (χ0) is 17.8. The molecule has 0 unspecified atom stereocenters. The number of nitrogens with zero attached hydrogens (tertiary/aromatic N) is 4. The highest BCUT2D eigenvalue weighted by molar-refractivity contribution is 5.63. The molecule has 0 bridgehead atoms. The monoisotopic (exact) mass is 337 g/mol. The third-order valence-corrected chi connectivity index (χ3v) is 4.74. The largest absolute Gasteiger partial charge is 0.312 e. The van der Waals surface area contributed by atoms with Crippen LogP contribution < -0.4 is 5.32 Å². The zero-order valence-electron chi connectivity index (χ0n) is 15.4. The maximum atomic E-state index is 8.97. The predicted molar refractivity (Wildman–Crippen MR) is 99.9 cm³/mol. The molecule has 1 aliphatic rings. The molecule has 0 saturated carbocycles. The fourth-order valence-electron chi connectivity index (χ4n) is 3.57. The normalized spacial score (nSPS) is 16.3. The molecule has 3 rings (SSSR count). The first-order chi connectivity index (χ1) is 12.0. The highest BCUT2D eigenvalue weighted by Gasteiger charge is 2.21. The quantitative estimate of drug-likeness (QED) is 0.911. The molecule has 1 N–H and O–H groups in total. The third kappa shape index (κ3) is 4.47. The van der Waals surface area contributed by atoms with Crippen LogP contribution in [0.15, 0.2) is 30.5 Å². The smallest absolute Gasteiger partial charge is 0.0991 e. The van der Waals surface area contributed by atoms with E-state index in [1.807, 2.05) is 36.0 Å². The van der Waals surface area contributed by atoms with Crippen molar-refractivity contribution in [2.75, 3.05) is 13.1 Å². The summed E-state index contributed by atoms with van der Waals surface area (Å²) in [7, 11) is 1.97. The van der Waals surface area contributed by atoms with E-state index in [1.165, 1.54) is 18.4 Å². The maximum absolute atomic E-state index is 8.97. The van der Waals surface area contributed by atoms with Crippen LogP contribution in [-0.4, -0.2) is 39.9 Å². The molecule has 0 aliphatic carbocycles. The summed E-state index contributed by atoms with van der Waals surface area (Å²) in [4.78, 5) is 2.52. The minimum atomic E-state index is 0.554. The van der Waals surface area contributed by atoms with Crippen molar-refractivity contribution < 1.29 is 0 Å². The predicted octanol–water partition coefficient (Wildman–Crippen LogP) is 2.92. The van der Waals surface area contributed by atoms with Crippen LogP contribution in [0.3, 0.4) is 0 Å². The van der Waals surface area contributed by atoms with E-state index in [9.17, 15) is 0 Å². The second-order valence-electron chi connectivity index (χ2n) is 7.24. The lowest BCUT2D eigenvalue weighted by atomic mass is 10.0. The topological polar surface area (TPSA) is 56.9 Å². The van der Waals surface area contributed by atoms with Crippen LogP contribution in [0.4, 0.5) is 0 Å². The Kier molecular flexibility index (Phi) is 5.52. The van der Waals surface area contributed by atoms with Gasteiger partial charge in [-0.2, -0.15) is 10.4 Å². The van der Waals surface area contributed by atoms with Crippen molar-refractivity contribution in [3.63, 3.8) is 0 Å². The van der Waals surface area contributed by atoms with Crippen LogP contribution in [-0.2, 0) is 13.6 Å². The van der Waals surface area contributed by atoms with Crippen molar-refractivity contribution in [1.82, 2.24) is 20.0 Å². The maximum Gasteiger partial charge on any atom is 0.0991 e. The van der Waals surface area contributed by atoms with Gasteiger partial charge in [0.1, 0.15) is 0 Å². The molecule has 5 heteroatoms. The summed E-state index contributed by atoms with van der Waals surface area (Å²) in [6.07, 6.45) is 4.52. The SMILES string of the molecule is CC(C)NC1CCN(Cc2cn(C)nc2-c2ccc(C#N)cc2)CC1. The van der Waals surface area contributed by atoms with Gasteiger partial charge in [0, 0.05) is 43.0 Å². The molecular weight excluding hydrogens is 310 g/mol. The summed E-state index contributed by atoms with van der Waals surface area (Å²) >= 11 is 0. The summed E-state index contributed by atoms with van der Waals surface area (Å²) in [6, 6.07) is 11.1. The minimum absolute atomic E-state index is 0.554. The molecule has 1 aromatic heterocycles. The van der Waals surface area contributed by atoms with E-state index in [1.54, 1.807) is 0 Å². The van der Waals surface area contributed by atoms with Crippen LogP contribution >= 0.6 is 0 Å². The average Bonchev–Trinajstić information content (AvgIpc) is 2.96. The summed E-state index contributed by atoms with van der Waals surface area (Å²) in [5, 5.41) is 17.3. The second kappa shape index (κ2) is 7.81. The van der Waals surface area contributed by atoms with Gasteiger partial charge < -0.3 is 5.32 Å². The van der Waals surface area contributed by atoms with Crippen molar-refractivity contribution in [2.45, 2.75) is 45.3 Å². The van der Waals surface area contributed by atoms with Gasteiger partial charge in [0.05, 0.1) is 17.3 Å². The van der Waals surface area contributed by atoms with Gasteiger partial charge in [0.25, 0.3) is 0 Å². The Morgan fingerprint density at radius 2 is 1.92 bits per heavy atom. The molecule has 1 aliphatic heterocycles. The fraction of sp³-hybridized carbons (Fsp3) is 0.500. The first kappa shape index (κ1) is 17.7. The molecule has 0 spiro atoms. The van der Waals surface area contributed by atoms with Crippen LogP contribution in [0.5, 0.6) is 0 Å². The molecule has 0 radical (unpaired) electrons. The number of likely N-dealkylation sites (tertiary alicyclic amines) is 1. The van der Waals surface area contributed by atoms with Gasteiger partial charge in [-0.05, 0) is 38.1 Å². The van der Waals surface area contributed by atoms with E-state index in [2.05, 4.69) is 41.4 Å². The molecule has 0 atom stereocenters. The molecule has 0 amide bonds. The van der Waals surface area contributed by atoms with E-state index in [-0.39, 0.29) is 0 Å². The third-order valence-electron chi connectivity index (χ3n) is 4.74. The number of benzene rings is 1. The summed E-state index contributed by atoms with van der Waals surface area (Å²) in [6.45, 7) is 7.59. The Hall–Kier alpha value is -2.16. The standard InChI is InChI=1S/C20H27N5/c1-15(2)22-19-8-10-25(11-9-19)14-18-13-24(3)23-20(18)17-6-4-16(12-21)5-7-17/h4-7,13,15,19,22H,8-11,14H2,1-3H3. The number of aromatic nitrogens is 2. The lowest BCUT2D eigenvalue weighted by Crippen LogP contribution is -2.44. The molecule has 1 saturated heterocycles. The van der Waals surface area contributed by atoms with Gasteiger partial charge in [-0.25, -0.2) is 0 Å². The van der Waals surface area contributed by atoms with E-state index in [0.717, 1.165) is 30.9 Å². The van der Waals surface area contributed by atoms with E-state index in [4.69, 9.17) is 5.26 Å². The number of hydrogen-bond donors (Lipinski definition) is 1. The highest BCUT2D eigenvalue weighted by Crippen LogP contribution is 2.24. The van der Waals surface area contributed by atoms with Gasteiger partial charge in [0.15, 0.2) is 0 Å². The van der Waals surface area contributed by atoms with Crippen molar-refractivity contribution >= 4 is 0 Å². The van der Waals surface area contributed by atoms with Gasteiger partial charge in [-0.15, -0.1) is 0 Å². The van der Waals surface area contributed by atoms with E-state index >= 15 is 0 Å². The van der Waals surface area contributed by atoms with Gasteiger partial charge in [0.2, 0.25) is 0 Å². The number of nitrogens with one attached hydrogen (secondary N) is 1. The molecule has 2 aromatic rings. The minimum Gasteiger partial charge on any atom is -0.312 e. The van der Waals surface area contributed by atoms with Crippen molar-refractivity contribution in [1.29, 1.82) is 5.26 Å². The number of hydrogen-bond acceptors (Lipinski definition) is 4. The number of aryl methyl sites for hydroxylation is 1. The molecule has 5 nitrogen and oxygen atoms in total. The van der Waals surface area contributed by atoms with Crippen LogP contribution in [0, 0.1) is 11.3 Å².